The zero-order valence-electron chi connectivity index (χ0n) is 10.7. The van der Waals surface area contributed by atoms with Gasteiger partial charge in [0.2, 0.25) is 0 Å². The molecule has 1 nitrogen and oxygen atoms in total. The fourth-order valence-corrected chi connectivity index (χ4v) is 2.21. The molecule has 1 saturated carbocycles. The van der Waals surface area contributed by atoms with Gasteiger partial charge in [-0.1, -0.05) is 38.1 Å². The Morgan fingerprint density at radius 3 is 2.44 bits per heavy atom. The molecule has 1 aliphatic rings. The van der Waals surface area contributed by atoms with Gasteiger partial charge in [0.05, 0.1) is 0 Å². The zero-order chi connectivity index (χ0) is 11.6. The van der Waals surface area contributed by atoms with Crippen LogP contribution >= 0.6 is 0 Å². The van der Waals surface area contributed by atoms with Gasteiger partial charge in [-0.3, -0.25) is 0 Å². The Morgan fingerprint density at radius 1 is 1.25 bits per heavy atom. The van der Waals surface area contributed by atoms with E-state index in [0.717, 1.165) is 13.0 Å². The number of aryl methyl sites for hydroxylation is 1. The molecule has 0 bridgehead atoms. The van der Waals surface area contributed by atoms with Crippen LogP contribution in [0.15, 0.2) is 24.3 Å². The SMILES string of the molecule is CCc1ccccc1CNC(C)C1(C)CC1. The standard InChI is InChI=1S/C15H23N/c1-4-13-7-5-6-8-14(13)11-16-12(2)15(3)9-10-15/h5-8,12,16H,4,9-11H2,1-3H3. The maximum Gasteiger partial charge on any atom is 0.0210 e. The molecule has 1 aromatic carbocycles. The first-order valence-corrected chi connectivity index (χ1v) is 6.46. The first kappa shape index (κ1) is 11.7. The van der Waals surface area contributed by atoms with Gasteiger partial charge >= 0.3 is 0 Å². The number of hydrogen-bond donors (Lipinski definition) is 1. The maximum absolute atomic E-state index is 3.68. The summed E-state index contributed by atoms with van der Waals surface area (Å²) in [5, 5.41) is 3.68. The summed E-state index contributed by atoms with van der Waals surface area (Å²) in [7, 11) is 0. The van der Waals surface area contributed by atoms with E-state index in [1.807, 2.05) is 0 Å². The van der Waals surface area contributed by atoms with Crippen molar-refractivity contribution < 1.29 is 0 Å². The highest BCUT2D eigenvalue weighted by Gasteiger charge is 2.42. The minimum atomic E-state index is 0.571. The highest BCUT2D eigenvalue weighted by molar-refractivity contribution is 5.27. The molecule has 16 heavy (non-hydrogen) atoms. The van der Waals surface area contributed by atoms with Gasteiger partial charge in [0.1, 0.15) is 0 Å². The Bertz CT molecular complexity index is 352. The van der Waals surface area contributed by atoms with E-state index in [-0.39, 0.29) is 0 Å². The molecule has 88 valence electrons. The van der Waals surface area contributed by atoms with Crippen molar-refractivity contribution in [3.63, 3.8) is 0 Å². The lowest BCUT2D eigenvalue weighted by Gasteiger charge is -2.21. The van der Waals surface area contributed by atoms with Crippen LogP contribution in [-0.2, 0) is 13.0 Å². The smallest absolute Gasteiger partial charge is 0.0210 e. The van der Waals surface area contributed by atoms with Crippen LogP contribution in [-0.4, -0.2) is 6.04 Å². The number of nitrogens with one attached hydrogen (secondary N) is 1. The van der Waals surface area contributed by atoms with Crippen LogP contribution in [0.5, 0.6) is 0 Å². The third kappa shape index (κ3) is 2.46. The van der Waals surface area contributed by atoms with Crippen LogP contribution in [0, 0.1) is 5.41 Å². The third-order valence-electron chi connectivity index (χ3n) is 4.18. The van der Waals surface area contributed by atoms with Crippen LogP contribution in [0.3, 0.4) is 0 Å². The van der Waals surface area contributed by atoms with Crippen molar-refractivity contribution >= 4 is 0 Å². The van der Waals surface area contributed by atoms with Crippen molar-refractivity contribution in [1.29, 1.82) is 0 Å². The van der Waals surface area contributed by atoms with Crippen LogP contribution in [0.25, 0.3) is 0 Å². The molecular weight excluding hydrogens is 194 g/mol. The number of benzene rings is 1. The Kier molecular flexibility index (Phi) is 3.34. The summed E-state index contributed by atoms with van der Waals surface area (Å²) >= 11 is 0. The van der Waals surface area contributed by atoms with Gasteiger partial charge in [-0.2, -0.15) is 0 Å². The zero-order valence-corrected chi connectivity index (χ0v) is 10.7. The fourth-order valence-electron chi connectivity index (χ4n) is 2.21. The predicted octanol–water partition coefficient (Wildman–Crippen LogP) is 3.53. The summed E-state index contributed by atoms with van der Waals surface area (Å²) in [6.45, 7) is 7.95. The molecule has 0 spiro atoms. The number of hydrogen-bond acceptors (Lipinski definition) is 1. The summed E-state index contributed by atoms with van der Waals surface area (Å²) in [6, 6.07) is 9.39. The Morgan fingerprint density at radius 2 is 1.88 bits per heavy atom. The van der Waals surface area contributed by atoms with E-state index < -0.39 is 0 Å². The van der Waals surface area contributed by atoms with Gasteiger partial charge in [0.15, 0.2) is 0 Å². The van der Waals surface area contributed by atoms with Gasteiger partial charge in [0, 0.05) is 12.6 Å². The molecule has 1 fully saturated rings. The van der Waals surface area contributed by atoms with Crippen molar-refractivity contribution in [2.45, 2.75) is 52.6 Å². The first-order valence-electron chi connectivity index (χ1n) is 6.46. The third-order valence-corrected chi connectivity index (χ3v) is 4.18. The molecule has 0 aromatic heterocycles. The van der Waals surface area contributed by atoms with Gasteiger partial charge in [0.25, 0.3) is 0 Å². The lowest BCUT2D eigenvalue weighted by molar-refractivity contribution is 0.379. The summed E-state index contributed by atoms with van der Waals surface area (Å²) in [4.78, 5) is 0. The van der Waals surface area contributed by atoms with Crippen molar-refractivity contribution in [3.05, 3.63) is 35.4 Å². The molecule has 1 atom stereocenters. The van der Waals surface area contributed by atoms with Crippen LogP contribution in [0.4, 0.5) is 0 Å². The predicted molar refractivity (Wildman–Crippen MR) is 69.5 cm³/mol. The largest absolute Gasteiger partial charge is 0.310 e. The van der Waals surface area contributed by atoms with E-state index in [9.17, 15) is 0 Å². The molecule has 1 aromatic rings. The van der Waals surface area contributed by atoms with Crippen molar-refractivity contribution in [3.8, 4) is 0 Å². The molecular formula is C15H23N. The second-order valence-electron chi connectivity index (χ2n) is 5.38. The van der Waals surface area contributed by atoms with Gasteiger partial charge in [-0.25, -0.2) is 0 Å². The second-order valence-corrected chi connectivity index (χ2v) is 5.38. The second kappa shape index (κ2) is 4.58. The molecule has 1 N–H and O–H groups in total. The lowest BCUT2D eigenvalue weighted by Crippen LogP contribution is -2.33. The highest BCUT2D eigenvalue weighted by atomic mass is 14.9. The summed E-state index contributed by atoms with van der Waals surface area (Å²) in [5.74, 6) is 0. The normalized spacial score (nSPS) is 19.4. The quantitative estimate of drug-likeness (QED) is 0.795. The molecule has 0 radical (unpaired) electrons. The number of rotatable bonds is 5. The van der Waals surface area contributed by atoms with Crippen LogP contribution in [0.1, 0.15) is 44.7 Å². The van der Waals surface area contributed by atoms with Gasteiger partial charge in [-0.05, 0) is 42.7 Å². The van der Waals surface area contributed by atoms with E-state index in [2.05, 4.69) is 50.4 Å². The van der Waals surface area contributed by atoms with E-state index >= 15 is 0 Å². The molecule has 1 aliphatic carbocycles. The Labute approximate surface area is 99.3 Å². The van der Waals surface area contributed by atoms with Crippen LogP contribution in [0.2, 0.25) is 0 Å². The lowest BCUT2D eigenvalue weighted by atomic mass is 9.99. The van der Waals surface area contributed by atoms with E-state index in [1.165, 1.54) is 24.0 Å². The summed E-state index contributed by atoms with van der Waals surface area (Å²) < 4.78 is 0. The van der Waals surface area contributed by atoms with E-state index in [4.69, 9.17) is 0 Å². The summed E-state index contributed by atoms with van der Waals surface area (Å²) in [5.41, 5.74) is 3.51. The Hall–Kier alpha value is -0.820. The average molecular weight is 217 g/mol. The summed E-state index contributed by atoms with van der Waals surface area (Å²) in [6.07, 6.45) is 3.90. The van der Waals surface area contributed by atoms with Gasteiger partial charge in [-0.15, -0.1) is 0 Å². The van der Waals surface area contributed by atoms with E-state index in [0.29, 0.717) is 11.5 Å². The van der Waals surface area contributed by atoms with Crippen molar-refractivity contribution in [2.24, 2.45) is 5.41 Å². The molecule has 1 heteroatoms. The topological polar surface area (TPSA) is 12.0 Å². The molecule has 1 unspecified atom stereocenters. The van der Waals surface area contributed by atoms with E-state index in [1.54, 1.807) is 0 Å². The highest BCUT2D eigenvalue weighted by Crippen LogP contribution is 2.47. The van der Waals surface area contributed by atoms with Crippen LogP contribution < -0.4 is 5.32 Å². The minimum absolute atomic E-state index is 0.571. The van der Waals surface area contributed by atoms with Crippen molar-refractivity contribution in [2.75, 3.05) is 0 Å². The Balaban J connectivity index is 1.94. The monoisotopic (exact) mass is 217 g/mol. The maximum atomic E-state index is 3.68. The first-order chi connectivity index (χ1) is 7.65. The molecule has 0 heterocycles. The molecule has 0 amide bonds. The molecule has 0 aliphatic heterocycles. The molecule has 0 saturated heterocycles. The fraction of sp³-hybridized carbons (Fsp3) is 0.600. The minimum Gasteiger partial charge on any atom is -0.310 e. The average Bonchev–Trinajstić information content (AvgIpc) is 3.06. The van der Waals surface area contributed by atoms with Gasteiger partial charge < -0.3 is 5.32 Å². The van der Waals surface area contributed by atoms with Crippen molar-refractivity contribution in [1.82, 2.24) is 5.32 Å². The molecule has 2 rings (SSSR count).